The van der Waals surface area contributed by atoms with Crippen molar-refractivity contribution in [3.63, 3.8) is 0 Å². The second kappa shape index (κ2) is 11.5. The minimum atomic E-state index is 0. The maximum Gasteiger partial charge on any atom is 0.191 e. The van der Waals surface area contributed by atoms with E-state index in [-0.39, 0.29) is 24.0 Å². The Morgan fingerprint density at radius 2 is 1.93 bits per heavy atom. The average molecular weight is 500 g/mol. The lowest BCUT2D eigenvalue weighted by Gasteiger charge is -2.29. The quantitative estimate of drug-likeness (QED) is 0.344. The van der Waals surface area contributed by atoms with Crippen molar-refractivity contribution in [1.82, 2.24) is 15.5 Å². The number of thiophene rings is 1. The van der Waals surface area contributed by atoms with Gasteiger partial charge in [0.05, 0.1) is 13.2 Å². The van der Waals surface area contributed by atoms with Crippen molar-refractivity contribution in [3.8, 4) is 5.75 Å². The molecule has 1 aliphatic heterocycles. The Bertz CT molecular complexity index is 685. The van der Waals surface area contributed by atoms with Crippen molar-refractivity contribution >= 4 is 41.3 Å². The van der Waals surface area contributed by atoms with Crippen LogP contribution in [0.25, 0.3) is 0 Å². The molecule has 5 nitrogen and oxygen atoms in total. The lowest BCUT2D eigenvalue weighted by Crippen LogP contribution is -2.42. The van der Waals surface area contributed by atoms with E-state index in [1.165, 1.54) is 24.0 Å². The third-order valence-corrected chi connectivity index (χ3v) is 5.54. The fourth-order valence-electron chi connectivity index (χ4n) is 3.33. The van der Waals surface area contributed by atoms with Crippen LogP contribution >= 0.6 is 35.3 Å². The van der Waals surface area contributed by atoms with Gasteiger partial charge in [0.2, 0.25) is 0 Å². The molecule has 2 N–H and O–H groups in total. The molecule has 0 radical (unpaired) electrons. The number of ether oxygens (including phenoxy) is 1. The average Bonchev–Trinajstić information content (AvgIpc) is 3.39. The molecule has 2 heterocycles. The molecule has 0 spiro atoms. The van der Waals surface area contributed by atoms with Gasteiger partial charge in [-0.15, -0.1) is 24.0 Å². The van der Waals surface area contributed by atoms with Gasteiger partial charge < -0.3 is 15.4 Å². The zero-order valence-corrected chi connectivity index (χ0v) is 19.1. The summed E-state index contributed by atoms with van der Waals surface area (Å²) in [4.78, 5) is 6.92. The van der Waals surface area contributed by atoms with Crippen molar-refractivity contribution in [2.75, 3.05) is 33.8 Å². The number of nitrogens with one attached hydrogen (secondary N) is 2. The van der Waals surface area contributed by atoms with Crippen LogP contribution in [0.5, 0.6) is 5.75 Å². The van der Waals surface area contributed by atoms with E-state index in [0.29, 0.717) is 6.04 Å². The summed E-state index contributed by atoms with van der Waals surface area (Å²) >= 11 is 1.72. The SMILES string of the molecule is CN=C(NCc1ccsc1)NCC(c1ccc(OC)cc1)N1CCCC1.I. The van der Waals surface area contributed by atoms with E-state index in [1.807, 2.05) is 19.2 Å². The number of methoxy groups -OCH3 is 1. The summed E-state index contributed by atoms with van der Waals surface area (Å²) in [6, 6.07) is 10.9. The van der Waals surface area contributed by atoms with Gasteiger partial charge in [-0.05, 0) is 66.0 Å². The van der Waals surface area contributed by atoms with Gasteiger partial charge >= 0.3 is 0 Å². The van der Waals surface area contributed by atoms with Gasteiger partial charge in [0, 0.05) is 20.1 Å². The lowest BCUT2D eigenvalue weighted by molar-refractivity contribution is 0.245. The first-order valence-corrected chi connectivity index (χ1v) is 10.1. The highest BCUT2D eigenvalue weighted by atomic mass is 127. The molecule has 0 saturated carbocycles. The maximum atomic E-state index is 5.30. The standard InChI is InChI=1S/C20H28N4OS.HI/c1-21-20(22-13-16-9-12-26-15-16)23-14-19(24-10-3-4-11-24)17-5-7-18(25-2)8-6-17;/h5-9,12,15,19H,3-4,10-11,13-14H2,1-2H3,(H2,21,22,23);1H. The van der Waals surface area contributed by atoms with Crippen LogP contribution in [0.3, 0.4) is 0 Å². The van der Waals surface area contributed by atoms with Crippen LogP contribution in [-0.2, 0) is 6.54 Å². The number of halogens is 1. The normalized spacial score (nSPS) is 15.9. The van der Waals surface area contributed by atoms with Gasteiger partial charge in [-0.25, -0.2) is 0 Å². The molecule has 27 heavy (non-hydrogen) atoms. The third kappa shape index (κ3) is 6.36. The summed E-state index contributed by atoms with van der Waals surface area (Å²) in [6.07, 6.45) is 2.55. The molecule has 0 aliphatic carbocycles. The van der Waals surface area contributed by atoms with E-state index in [1.54, 1.807) is 18.4 Å². The predicted molar refractivity (Wildman–Crippen MR) is 124 cm³/mol. The van der Waals surface area contributed by atoms with Crippen molar-refractivity contribution in [3.05, 3.63) is 52.2 Å². The van der Waals surface area contributed by atoms with E-state index in [9.17, 15) is 0 Å². The number of likely N-dealkylation sites (tertiary alicyclic amines) is 1. The number of hydrogen-bond donors (Lipinski definition) is 2. The van der Waals surface area contributed by atoms with E-state index in [2.05, 4.69) is 49.5 Å². The Labute approximate surface area is 183 Å². The topological polar surface area (TPSA) is 48.9 Å². The fraction of sp³-hybridized carbons (Fsp3) is 0.450. The van der Waals surface area contributed by atoms with E-state index < -0.39 is 0 Å². The van der Waals surface area contributed by atoms with Gasteiger partial charge in [0.1, 0.15) is 5.75 Å². The molecule has 1 unspecified atom stereocenters. The van der Waals surface area contributed by atoms with Crippen LogP contribution in [0.4, 0.5) is 0 Å². The number of guanidine groups is 1. The molecule has 3 rings (SSSR count). The van der Waals surface area contributed by atoms with Gasteiger partial charge in [0.15, 0.2) is 5.96 Å². The Kier molecular flexibility index (Phi) is 9.36. The molecular formula is C20H29IN4OS. The molecule has 1 aromatic heterocycles. The number of benzene rings is 1. The highest BCUT2D eigenvalue weighted by Crippen LogP contribution is 2.26. The Morgan fingerprint density at radius 1 is 1.19 bits per heavy atom. The molecule has 1 atom stereocenters. The molecule has 2 aromatic rings. The van der Waals surface area contributed by atoms with Crippen LogP contribution in [0.1, 0.15) is 30.0 Å². The summed E-state index contributed by atoms with van der Waals surface area (Å²) in [5, 5.41) is 11.2. The zero-order chi connectivity index (χ0) is 18.2. The number of hydrogen-bond acceptors (Lipinski definition) is 4. The molecule has 1 aromatic carbocycles. The predicted octanol–water partition coefficient (Wildman–Crippen LogP) is 3.88. The Morgan fingerprint density at radius 3 is 2.52 bits per heavy atom. The second-order valence-corrected chi connectivity index (χ2v) is 7.25. The first kappa shape index (κ1) is 22.0. The molecule has 1 aliphatic rings. The fourth-order valence-corrected chi connectivity index (χ4v) is 4.00. The van der Waals surface area contributed by atoms with Crippen LogP contribution in [0, 0.1) is 0 Å². The van der Waals surface area contributed by atoms with E-state index in [0.717, 1.165) is 37.9 Å². The summed E-state index contributed by atoms with van der Waals surface area (Å²) in [7, 11) is 3.53. The molecule has 1 fully saturated rings. The minimum Gasteiger partial charge on any atom is -0.497 e. The van der Waals surface area contributed by atoms with Crippen molar-refractivity contribution in [2.45, 2.75) is 25.4 Å². The highest BCUT2D eigenvalue weighted by molar-refractivity contribution is 14.0. The van der Waals surface area contributed by atoms with Crippen molar-refractivity contribution < 1.29 is 4.74 Å². The first-order valence-electron chi connectivity index (χ1n) is 9.13. The van der Waals surface area contributed by atoms with Crippen molar-refractivity contribution in [1.29, 1.82) is 0 Å². The van der Waals surface area contributed by atoms with Gasteiger partial charge in [0.25, 0.3) is 0 Å². The van der Waals surface area contributed by atoms with Crippen LogP contribution in [-0.4, -0.2) is 44.7 Å². The molecule has 7 heteroatoms. The van der Waals surface area contributed by atoms with Crippen LogP contribution in [0.15, 0.2) is 46.1 Å². The monoisotopic (exact) mass is 500 g/mol. The van der Waals surface area contributed by atoms with Crippen molar-refractivity contribution in [2.24, 2.45) is 4.99 Å². The molecule has 0 amide bonds. The van der Waals surface area contributed by atoms with E-state index >= 15 is 0 Å². The highest BCUT2D eigenvalue weighted by Gasteiger charge is 2.23. The number of aliphatic imine (C=N–C) groups is 1. The van der Waals surface area contributed by atoms with E-state index in [4.69, 9.17) is 4.74 Å². The van der Waals surface area contributed by atoms with Gasteiger partial charge in [-0.3, -0.25) is 9.89 Å². The van der Waals surface area contributed by atoms with Crippen LogP contribution in [0.2, 0.25) is 0 Å². The minimum absolute atomic E-state index is 0. The zero-order valence-electron chi connectivity index (χ0n) is 16.0. The molecule has 1 saturated heterocycles. The Balaban J connectivity index is 0.00000261. The first-order chi connectivity index (χ1) is 12.8. The number of rotatable bonds is 7. The molecule has 0 bridgehead atoms. The van der Waals surface area contributed by atoms with Gasteiger partial charge in [-0.1, -0.05) is 12.1 Å². The summed E-state index contributed by atoms with van der Waals surface area (Å²) in [6.45, 7) is 3.92. The molecular weight excluding hydrogens is 471 g/mol. The Hall–Kier alpha value is -1.32. The smallest absolute Gasteiger partial charge is 0.191 e. The maximum absolute atomic E-state index is 5.30. The summed E-state index contributed by atoms with van der Waals surface area (Å²) in [5.74, 6) is 1.74. The largest absolute Gasteiger partial charge is 0.497 e. The van der Waals surface area contributed by atoms with Gasteiger partial charge in [-0.2, -0.15) is 11.3 Å². The lowest BCUT2D eigenvalue weighted by atomic mass is 10.1. The number of nitrogens with zero attached hydrogens (tertiary/aromatic N) is 2. The third-order valence-electron chi connectivity index (χ3n) is 4.81. The molecule has 148 valence electrons. The summed E-state index contributed by atoms with van der Waals surface area (Å²) < 4.78 is 5.30. The van der Waals surface area contributed by atoms with Crippen LogP contribution < -0.4 is 15.4 Å². The summed E-state index contributed by atoms with van der Waals surface area (Å²) in [5.41, 5.74) is 2.60. The second-order valence-electron chi connectivity index (χ2n) is 6.47.